The Labute approximate surface area is 200 Å². The van der Waals surface area contributed by atoms with Gasteiger partial charge in [-0.2, -0.15) is 0 Å². The smallest absolute Gasteiger partial charge is 0.191 e. The summed E-state index contributed by atoms with van der Waals surface area (Å²) < 4.78 is 11.2. The zero-order valence-electron chi connectivity index (χ0n) is 17.9. The molecular formula is C21H32IN5O2S. The summed E-state index contributed by atoms with van der Waals surface area (Å²) in [6, 6.07) is 7.63. The molecule has 7 nitrogen and oxygen atoms in total. The third-order valence-electron chi connectivity index (χ3n) is 4.75. The molecule has 3 rings (SSSR count). The molecule has 1 unspecified atom stereocenters. The third-order valence-corrected chi connectivity index (χ3v) is 5.70. The first kappa shape index (κ1) is 24.5. The van der Waals surface area contributed by atoms with Crippen LogP contribution in [-0.4, -0.2) is 57.4 Å². The SMILES string of the molecule is CN=C(NCCc1csc(N2CCCC2)n1)NCC(C)Oc1cccc(OC)c1.I. The summed E-state index contributed by atoms with van der Waals surface area (Å²) in [5.41, 5.74) is 1.13. The fourth-order valence-electron chi connectivity index (χ4n) is 3.18. The number of ether oxygens (including phenoxy) is 2. The number of anilines is 1. The van der Waals surface area contributed by atoms with Crippen molar-refractivity contribution in [3.05, 3.63) is 35.3 Å². The summed E-state index contributed by atoms with van der Waals surface area (Å²) in [5, 5.41) is 9.98. The lowest BCUT2D eigenvalue weighted by molar-refractivity contribution is 0.223. The summed E-state index contributed by atoms with van der Waals surface area (Å²) >= 11 is 1.74. The van der Waals surface area contributed by atoms with Gasteiger partial charge in [0.15, 0.2) is 11.1 Å². The van der Waals surface area contributed by atoms with Crippen LogP contribution < -0.4 is 25.0 Å². The van der Waals surface area contributed by atoms with Crippen LogP contribution in [0, 0.1) is 0 Å². The van der Waals surface area contributed by atoms with E-state index in [2.05, 4.69) is 25.9 Å². The van der Waals surface area contributed by atoms with Crippen LogP contribution in [0.5, 0.6) is 11.5 Å². The molecule has 1 saturated heterocycles. The summed E-state index contributed by atoms with van der Waals surface area (Å²) in [5.74, 6) is 2.34. The van der Waals surface area contributed by atoms with Crippen LogP contribution >= 0.6 is 35.3 Å². The van der Waals surface area contributed by atoms with Crippen molar-refractivity contribution in [1.82, 2.24) is 15.6 Å². The number of aliphatic imine (C=N–C) groups is 1. The Morgan fingerprint density at radius 1 is 1.27 bits per heavy atom. The highest BCUT2D eigenvalue weighted by atomic mass is 127. The number of guanidine groups is 1. The molecule has 0 amide bonds. The van der Waals surface area contributed by atoms with Gasteiger partial charge in [0.2, 0.25) is 0 Å². The van der Waals surface area contributed by atoms with Crippen LogP contribution in [0.25, 0.3) is 0 Å². The standard InChI is InChI=1S/C21H31N5O2S.HI/c1-16(28-19-8-6-7-18(13-19)27-3)14-24-20(22-2)23-10-9-17-15-29-21(25-17)26-11-4-5-12-26;/h6-8,13,15-16H,4-5,9-12,14H2,1-3H3,(H2,22,23,24);1H. The third kappa shape index (κ3) is 7.50. The predicted molar refractivity (Wildman–Crippen MR) is 135 cm³/mol. The zero-order chi connectivity index (χ0) is 20.5. The molecule has 0 spiro atoms. The molecule has 0 radical (unpaired) electrons. The molecule has 1 aliphatic rings. The quantitative estimate of drug-likeness (QED) is 0.286. The molecule has 9 heteroatoms. The van der Waals surface area contributed by atoms with Gasteiger partial charge in [-0.1, -0.05) is 6.07 Å². The van der Waals surface area contributed by atoms with Crippen molar-refractivity contribution in [1.29, 1.82) is 0 Å². The first-order valence-electron chi connectivity index (χ1n) is 10.1. The van der Waals surface area contributed by atoms with Crippen LogP contribution in [-0.2, 0) is 6.42 Å². The fraction of sp³-hybridized carbons (Fsp3) is 0.524. The molecule has 2 aromatic rings. The summed E-state index contributed by atoms with van der Waals surface area (Å²) in [6.45, 7) is 5.73. The number of benzene rings is 1. The van der Waals surface area contributed by atoms with E-state index in [0.29, 0.717) is 6.54 Å². The molecule has 0 saturated carbocycles. The maximum atomic E-state index is 5.94. The van der Waals surface area contributed by atoms with E-state index in [4.69, 9.17) is 14.5 Å². The minimum absolute atomic E-state index is 0. The lowest BCUT2D eigenvalue weighted by atomic mass is 10.3. The number of hydrogen-bond donors (Lipinski definition) is 2. The van der Waals surface area contributed by atoms with Crippen LogP contribution in [0.4, 0.5) is 5.13 Å². The number of nitrogens with one attached hydrogen (secondary N) is 2. The highest BCUT2D eigenvalue weighted by molar-refractivity contribution is 14.0. The van der Waals surface area contributed by atoms with E-state index >= 15 is 0 Å². The maximum Gasteiger partial charge on any atom is 0.191 e. The van der Waals surface area contributed by atoms with Gasteiger partial charge >= 0.3 is 0 Å². The van der Waals surface area contributed by atoms with E-state index in [1.165, 1.54) is 12.8 Å². The van der Waals surface area contributed by atoms with Crippen molar-refractivity contribution in [2.75, 3.05) is 45.2 Å². The van der Waals surface area contributed by atoms with Gasteiger partial charge in [0.1, 0.15) is 17.6 Å². The van der Waals surface area contributed by atoms with Crippen molar-refractivity contribution >= 4 is 46.4 Å². The van der Waals surface area contributed by atoms with Gasteiger partial charge in [0.25, 0.3) is 0 Å². The monoisotopic (exact) mass is 545 g/mol. The first-order valence-corrected chi connectivity index (χ1v) is 11.0. The highest BCUT2D eigenvalue weighted by Gasteiger charge is 2.15. The van der Waals surface area contributed by atoms with E-state index < -0.39 is 0 Å². The molecule has 1 aliphatic heterocycles. The Bertz CT molecular complexity index is 795. The molecular weight excluding hydrogens is 513 g/mol. The Balaban J connectivity index is 0.00000320. The van der Waals surface area contributed by atoms with Gasteiger partial charge in [-0.25, -0.2) is 4.98 Å². The fourth-order valence-corrected chi connectivity index (χ4v) is 4.10. The molecule has 1 aromatic heterocycles. The molecule has 1 aromatic carbocycles. The van der Waals surface area contributed by atoms with Crippen LogP contribution in [0.15, 0.2) is 34.6 Å². The van der Waals surface area contributed by atoms with E-state index in [1.807, 2.05) is 31.2 Å². The Morgan fingerprint density at radius 3 is 2.77 bits per heavy atom. The van der Waals surface area contributed by atoms with Crippen molar-refractivity contribution < 1.29 is 9.47 Å². The van der Waals surface area contributed by atoms with Crippen molar-refractivity contribution in [2.24, 2.45) is 4.99 Å². The number of aromatic nitrogens is 1. The van der Waals surface area contributed by atoms with Crippen molar-refractivity contribution in [2.45, 2.75) is 32.3 Å². The molecule has 0 aliphatic carbocycles. The van der Waals surface area contributed by atoms with E-state index in [9.17, 15) is 0 Å². The lowest BCUT2D eigenvalue weighted by Crippen LogP contribution is -2.42. The largest absolute Gasteiger partial charge is 0.497 e. The summed E-state index contributed by atoms with van der Waals surface area (Å²) in [4.78, 5) is 11.4. The summed E-state index contributed by atoms with van der Waals surface area (Å²) in [6.07, 6.45) is 3.42. The highest BCUT2D eigenvalue weighted by Crippen LogP contribution is 2.24. The second kappa shape index (κ2) is 12.8. The molecule has 0 bridgehead atoms. The number of methoxy groups -OCH3 is 1. The minimum atomic E-state index is -0.0118. The van der Waals surface area contributed by atoms with Gasteiger partial charge in [-0.3, -0.25) is 4.99 Å². The minimum Gasteiger partial charge on any atom is -0.497 e. The average molecular weight is 545 g/mol. The van der Waals surface area contributed by atoms with Gasteiger partial charge < -0.3 is 25.0 Å². The Hall–Kier alpha value is -1.75. The molecule has 166 valence electrons. The lowest BCUT2D eigenvalue weighted by Gasteiger charge is -2.18. The van der Waals surface area contributed by atoms with Crippen LogP contribution in [0.2, 0.25) is 0 Å². The molecule has 1 atom stereocenters. The van der Waals surface area contributed by atoms with Crippen molar-refractivity contribution in [3.8, 4) is 11.5 Å². The predicted octanol–water partition coefficient (Wildman–Crippen LogP) is 3.54. The van der Waals surface area contributed by atoms with E-state index in [-0.39, 0.29) is 30.1 Å². The molecule has 30 heavy (non-hydrogen) atoms. The van der Waals surface area contributed by atoms with Gasteiger partial charge in [0.05, 0.1) is 19.3 Å². The average Bonchev–Trinajstić information content (AvgIpc) is 3.42. The topological polar surface area (TPSA) is 71.0 Å². The molecule has 2 heterocycles. The van der Waals surface area contributed by atoms with Gasteiger partial charge in [-0.15, -0.1) is 35.3 Å². The normalized spacial score (nSPS) is 14.8. The zero-order valence-corrected chi connectivity index (χ0v) is 21.0. The molecule has 1 fully saturated rings. The first-order chi connectivity index (χ1) is 14.2. The summed E-state index contributed by atoms with van der Waals surface area (Å²) in [7, 11) is 3.43. The van der Waals surface area contributed by atoms with Gasteiger partial charge in [-0.05, 0) is 31.9 Å². The van der Waals surface area contributed by atoms with E-state index in [1.54, 1.807) is 25.5 Å². The van der Waals surface area contributed by atoms with Crippen LogP contribution in [0.3, 0.4) is 0 Å². The van der Waals surface area contributed by atoms with Crippen LogP contribution in [0.1, 0.15) is 25.5 Å². The number of nitrogens with zero attached hydrogens (tertiary/aromatic N) is 3. The van der Waals surface area contributed by atoms with Crippen molar-refractivity contribution in [3.63, 3.8) is 0 Å². The number of thiazole rings is 1. The second-order valence-electron chi connectivity index (χ2n) is 7.05. The van der Waals surface area contributed by atoms with Gasteiger partial charge in [0, 0.05) is 44.5 Å². The number of hydrogen-bond acceptors (Lipinski definition) is 6. The Kier molecular flexibility index (Phi) is 10.5. The maximum absolute atomic E-state index is 5.94. The number of halogens is 1. The van der Waals surface area contributed by atoms with E-state index in [0.717, 1.165) is 54.3 Å². The second-order valence-corrected chi connectivity index (χ2v) is 7.89. The number of rotatable bonds is 9. The molecule has 2 N–H and O–H groups in total. The Morgan fingerprint density at radius 2 is 2.03 bits per heavy atom.